The summed E-state index contributed by atoms with van der Waals surface area (Å²) in [5.41, 5.74) is 0.0980. The molecule has 1 aromatic carbocycles. The van der Waals surface area contributed by atoms with Crippen molar-refractivity contribution in [3.05, 3.63) is 30.0 Å². The first kappa shape index (κ1) is 25.0. The molecule has 2 fully saturated rings. The second-order valence-electron chi connectivity index (χ2n) is 8.74. The Hall–Kier alpha value is -2.06. The van der Waals surface area contributed by atoms with Gasteiger partial charge in [-0.3, -0.25) is 4.79 Å². The molecule has 0 atom stereocenters. The maximum Gasteiger partial charge on any atom is 0.254 e. The molecule has 2 saturated heterocycles. The largest absolute Gasteiger partial charge is 0.497 e. The maximum absolute atomic E-state index is 13.3. The first-order valence-electron chi connectivity index (χ1n) is 10.9. The Bertz CT molecular complexity index is 1300. The number of sulfonamides is 2. The molecule has 4 rings (SSSR count). The Kier molecular flexibility index (Phi) is 6.77. The predicted molar refractivity (Wildman–Crippen MR) is 128 cm³/mol. The van der Waals surface area contributed by atoms with Gasteiger partial charge in [-0.05, 0) is 43.7 Å². The van der Waals surface area contributed by atoms with E-state index in [2.05, 4.69) is 10.3 Å². The number of carbonyl (C=O) groups is 1. The topological polar surface area (TPSA) is 126 Å². The molecule has 0 radical (unpaired) electrons. The lowest BCUT2D eigenvalue weighted by Crippen LogP contribution is -2.44. The van der Waals surface area contributed by atoms with Crippen molar-refractivity contribution in [1.82, 2.24) is 13.6 Å². The third kappa shape index (κ3) is 4.71. The van der Waals surface area contributed by atoms with Crippen LogP contribution in [0.3, 0.4) is 0 Å². The number of thiazole rings is 1. The van der Waals surface area contributed by atoms with Crippen LogP contribution in [0.1, 0.15) is 31.9 Å². The summed E-state index contributed by atoms with van der Waals surface area (Å²) < 4.78 is 61.1. The molecule has 3 heterocycles. The molecular weight excluding hydrogens is 500 g/mol. The van der Waals surface area contributed by atoms with E-state index >= 15 is 0 Å². The Balaban J connectivity index is 1.46. The van der Waals surface area contributed by atoms with E-state index in [1.165, 1.54) is 28.7 Å². The lowest BCUT2D eigenvalue weighted by Gasteiger charge is -2.38. The number of amides is 1. The maximum atomic E-state index is 13.3. The number of ether oxygens (including phenoxy) is 1. The van der Waals surface area contributed by atoms with Gasteiger partial charge in [-0.2, -0.15) is 8.61 Å². The van der Waals surface area contributed by atoms with Crippen LogP contribution in [0.5, 0.6) is 5.75 Å². The number of hydrogen-bond acceptors (Lipinski definition) is 8. The summed E-state index contributed by atoms with van der Waals surface area (Å²) in [5, 5.41) is 2.80. The molecule has 1 spiro atoms. The van der Waals surface area contributed by atoms with E-state index in [9.17, 15) is 21.6 Å². The van der Waals surface area contributed by atoms with Crippen molar-refractivity contribution in [2.45, 2.75) is 42.2 Å². The first-order chi connectivity index (χ1) is 16.0. The van der Waals surface area contributed by atoms with Crippen molar-refractivity contribution in [2.75, 3.05) is 38.6 Å². The standard InChI is InChI=1S/C21H28N4O6S3/c1-15-19(32-20(22-15)23-16(2)26)34(29,30)25-12-9-21(14-25)7-10-24(11-8-21)33(27,28)18-6-4-5-17(13-18)31-3/h4-6,13H,7-12,14H2,1-3H3,(H,22,23,26). The van der Waals surface area contributed by atoms with Gasteiger partial charge in [0, 0.05) is 39.2 Å². The van der Waals surface area contributed by atoms with Crippen molar-refractivity contribution >= 4 is 42.4 Å². The zero-order chi connectivity index (χ0) is 24.7. The summed E-state index contributed by atoms with van der Waals surface area (Å²) in [6, 6.07) is 6.41. The van der Waals surface area contributed by atoms with Gasteiger partial charge in [0.05, 0.1) is 17.7 Å². The van der Waals surface area contributed by atoms with Gasteiger partial charge in [-0.15, -0.1) is 0 Å². The molecule has 186 valence electrons. The van der Waals surface area contributed by atoms with E-state index in [-0.39, 0.29) is 25.6 Å². The Morgan fingerprint density at radius 3 is 2.35 bits per heavy atom. The second-order valence-corrected chi connectivity index (χ2v) is 13.8. The quantitative estimate of drug-likeness (QED) is 0.610. The van der Waals surface area contributed by atoms with Crippen LogP contribution in [0.2, 0.25) is 0 Å². The molecule has 34 heavy (non-hydrogen) atoms. The van der Waals surface area contributed by atoms with Crippen molar-refractivity contribution in [1.29, 1.82) is 0 Å². The van der Waals surface area contributed by atoms with Crippen molar-refractivity contribution in [2.24, 2.45) is 5.41 Å². The number of carbonyl (C=O) groups excluding carboxylic acids is 1. The lowest BCUT2D eigenvalue weighted by molar-refractivity contribution is -0.114. The van der Waals surface area contributed by atoms with Crippen LogP contribution in [-0.4, -0.2) is 69.6 Å². The minimum absolute atomic E-state index is 0.131. The van der Waals surface area contributed by atoms with E-state index in [0.29, 0.717) is 56.9 Å². The SMILES string of the molecule is COc1cccc(S(=O)(=O)N2CCC3(CC2)CCN(S(=O)(=O)c2sc(NC(C)=O)nc2C)C3)c1. The van der Waals surface area contributed by atoms with E-state index in [0.717, 1.165) is 11.3 Å². The molecule has 2 aliphatic heterocycles. The fourth-order valence-corrected chi connectivity index (χ4v) is 9.19. The van der Waals surface area contributed by atoms with Gasteiger partial charge < -0.3 is 10.1 Å². The average molecular weight is 529 g/mol. The molecule has 0 saturated carbocycles. The number of anilines is 1. The van der Waals surface area contributed by atoms with E-state index in [1.54, 1.807) is 25.1 Å². The summed E-state index contributed by atoms with van der Waals surface area (Å²) in [6.07, 6.45) is 1.84. The lowest BCUT2D eigenvalue weighted by atomic mass is 9.78. The van der Waals surface area contributed by atoms with Gasteiger partial charge in [0.1, 0.15) is 5.75 Å². The molecule has 1 aromatic heterocycles. The van der Waals surface area contributed by atoms with Gasteiger partial charge in [-0.1, -0.05) is 17.4 Å². The van der Waals surface area contributed by atoms with E-state index < -0.39 is 20.0 Å². The number of nitrogens with one attached hydrogen (secondary N) is 1. The number of aryl methyl sites for hydroxylation is 1. The normalized spacial score (nSPS) is 19.4. The van der Waals surface area contributed by atoms with Crippen LogP contribution < -0.4 is 10.1 Å². The summed E-state index contributed by atoms with van der Waals surface area (Å²) in [4.78, 5) is 15.7. The number of rotatable bonds is 6. The number of methoxy groups -OCH3 is 1. The monoisotopic (exact) mass is 528 g/mol. The molecular formula is C21H28N4O6S3. The van der Waals surface area contributed by atoms with Crippen LogP contribution in [0.25, 0.3) is 0 Å². The van der Waals surface area contributed by atoms with Gasteiger partial charge in [0.2, 0.25) is 15.9 Å². The number of nitrogens with zero attached hydrogens (tertiary/aromatic N) is 3. The molecule has 10 nitrogen and oxygen atoms in total. The third-order valence-corrected chi connectivity index (χ3v) is 11.9. The number of aromatic nitrogens is 1. The van der Waals surface area contributed by atoms with Gasteiger partial charge >= 0.3 is 0 Å². The minimum Gasteiger partial charge on any atom is -0.497 e. The summed E-state index contributed by atoms with van der Waals surface area (Å²) in [5.74, 6) is 0.166. The predicted octanol–water partition coefficient (Wildman–Crippen LogP) is 2.28. The van der Waals surface area contributed by atoms with Crippen molar-refractivity contribution in [3.8, 4) is 5.75 Å². The smallest absolute Gasteiger partial charge is 0.254 e. The highest BCUT2D eigenvalue weighted by Crippen LogP contribution is 2.44. The third-order valence-electron chi connectivity index (χ3n) is 6.48. The van der Waals surface area contributed by atoms with Crippen LogP contribution in [0, 0.1) is 12.3 Å². The highest BCUT2D eigenvalue weighted by molar-refractivity contribution is 7.91. The van der Waals surface area contributed by atoms with E-state index in [1.807, 2.05) is 0 Å². The first-order valence-corrected chi connectivity index (χ1v) is 14.6. The highest BCUT2D eigenvalue weighted by atomic mass is 32.2. The molecule has 2 aliphatic rings. The summed E-state index contributed by atoms with van der Waals surface area (Å²) in [6.45, 7) is 4.34. The molecule has 0 aliphatic carbocycles. The zero-order valence-electron chi connectivity index (χ0n) is 19.3. The zero-order valence-corrected chi connectivity index (χ0v) is 21.7. The molecule has 1 N–H and O–H groups in total. The summed E-state index contributed by atoms with van der Waals surface area (Å²) in [7, 11) is -5.93. The number of hydrogen-bond donors (Lipinski definition) is 1. The fourth-order valence-electron chi connectivity index (χ4n) is 4.56. The molecule has 1 amide bonds. The van der Waals surface area contributed by atoms with E-state index in [4.69, 9.17) is 4.74 Å². The average Bonchev–Trinajstić information content (AvgIpc) is 3.38. The van der Waals surface area contributed by atoms with Crippen LogP contribution in [0.15, 0.2) is 33.4 Å². The number of piperidine rings is 1. The Labute approximate surface area is 204 Å². The van der Waals surface area contributed by atoms with Gasteiger partial charge in [-0.25, -0.2) is 21.8 Å². The Morgan fingerprint density at radius 1 is 1.09 bits per heavy atom. The van der Waals surface area contributed by atoms with Crippen molar-refractivity contribution < 1.29 is 26.4 Å². The van der Waals surface area contributed by atoms with Crippen molar-refractivity contribution in [3.63, 3.8) is 0 Å². The minimum atomic E-state index is -3.76. The van der Waals surface area contributed by atoms with Gasteiger partial charge in [0.15, 0.2) is 9.34 Å². The van der Waals surface area contributed by atoms with Crippen LogP contribution >= 0.6 is 11.3 Å². The molecule has 2 aromatic rings. The second kappa shape index (κ2) is 9.19. The molecule has 0 unspecified atom stereocenters. The fraction of sp³-hybridized carbons (Fsp3) is 0.524. The van der Waals surface area contributed by atoms with Gasteiger partial charge in [0.25, 0.3) is 10.0 Å². The Morgan fingerprint density at radius 2 is 1.74 bits per heavy atom. The highest BCUT2D eigenvalue weighted by Gasteiger charge is 2.46. The summed E-state index contributed by atoms with van der Waals surface area (Å²) >= 11 is 0.951. The van der Waals surface area contributed by atoms with Crippen LogP contribution in [-0.2, 0) is 24.8 Å². The molecule has 0 bridgehead atoms. The van der Waals surface area contributed by atoms with Crippen LogP contribution in [0.4, 0.5) is 5.13 Å². The number of benzene rings is 1. The molecule has 13 heteroatoms.